The van der Waals surface area contributed by atoms with E-state index in [9.17, 15) is 0 Å². The fraction of sp³-hybridized carbons (Fsp3) is 0.667. The van der Waals surface area contributed by atoms with Gasteiger partial charge in [-0.25, -0.2) is 0 Å². The summed E-state index contributed by atoms with van der Waals surface area (Å²) in [4.78, 5) is 4.33. The molecular weight excluding hydrogens is 138 g/mol. The molecule has 0 N–H and O–H groups in total. The predicted octanol–water partition coefficient (Wildman–Crippen LogP) is 1.77. The van der Waals surface area contributed by atoms with E-state index in [1.165, 1.54) is 0 Å². The summed E-state index contributed by atoms with van der Waals surface area (Å²) in [6.07, 6.45) is 4.67. The van der Waals surface area contributed by atoms with Crippen molar-refractivity contribution in [3.63, 3.8) is 0 Å². The average Bonchev–Trinajstić information content (AvgIpc) is 2.60. The van der Waals surface area contributed by atoms with Crippen LogP contribution in [0.5, 0.6) is 0 Å². The molecule has 0 unspecified atom stereocenters. The van der Waals surface area contributed by atoms with Gasteiger partial charge in [0.25, 0.3) is 0 Å². The standard InChI is InChI=1S/C9H13NO/c1-9(2,3)8-4-6-7(11-6)5-10-8/h4-7H,1-3H3/t6-,7+/m0/s1. The van der Waals surface area contributed by atoms with Crippen LogP contribution in [0.4, 0.5) is 0 Å². The van der Waals surface area contributed by atoms with Crippen molar-refractivity contribution < 1.29 is 4.74 Å². The Morgan fingerprint density at radius 3 is 2.64 bits per heavy atom. The number of ether oxygens (including phenoxy) is 1. The third-order valence-corrected chi connectivity index (χ3v) is 2.01. The minimum absolute atomic E-state index is 0.160. The zero-order valence-corrected chi connectivity index (χ0v) is 7.16. The number of aliphatic imine (C=N–C) groups is 1. The lowest BCUT2D eigenvalue weighted by atomic mass is 9.90. The number of hydrogen-bond acceptors (Lipinski definition) is 2. The number of fused-ring (bicyclic) bond motifs is 1. The summed E-state index contributed by atoms with van der Waals surface area (Å²) < 4.78 is 5.28. The first kappa shape index (κ1) is 7.04. The Balaban J connectivity index is 2.21. The molecule has 2 nitrogen and oxygen atoms in total. The van der Waals surface area contributed by atoms with E-state index in [0.29, 0.717) is 12.2 Å². The van der Waals surface area contributed by atoms with Crippen molar-refractivity contribution in [3.05, 3.63) is 11.8 Å². The molecule has 0 aromatic rings. The second kappa shape index (κ2) is 1.95. The van der Waals surface area contributed by atoms with Crippen molar-refractivity contribution in [2.45, 2.75) is 33.0 Å². The van der Waals surface area contributed by atoms with Gasteiger partial charge in [-0.05, 0) is 6.08 Å². The molecule has 1 fully saturated rings. The van der Waals surface area contributed by atoms with E-state index < -0.39 is 0 Å². The van der Waals surface area contributed by atoms with Crippen LogP contribution in [0.1, 0.15) is 20.8 Å². The highest BCUT2D eigenvalue weighted by atomic mass is 16.6. The van der Waals surface area contributed by atoms with E-state index in [2.05, 4.69) is 31.8 Å². The van der Waals surface area contributed by atoms with E-state index in [1.807, 2.05) is 6.21 Å². The maximum Gasteiger partial charge on any atom is 0.123 e. The highest BCUT2D eigenvalue weighted by Gasteiger charge is 2.39. The molecule has 0 saturated carbocycles. The molecule has 0 aliphatic carbocycles. The van der Waals surface area contributed by atoms with E-state index in [4.69, 9.17) is 4.74 Å². The lowest BCUT2D eigenvalue weighted by molar-refractivity contribution is 0.421. The van der Waals surface area contributed by atoms with Gasteiger partial charge in [0.1, 0.15) is 12.2 Å². The zero-order chi connectivity index (χ0) is 8.06. The van der Waals surface area contributed by atoms with Crippen LogP contribution in [0.15, 0.2) is 16.8 Å². The summed E-state index contributed by atoms with van der Waals surface area (Å²) in [5, 5.41) is 0. The number of nitrogens with zero attached hydrogens (tertiary/aromatic N) is 1. The molecule has 2 aliphatic heterocycles. The maximum atomic E-state index is 5.28. The van der Waals surface area contributed by atoms with Crippen LogP contribution in [0, 0.1) is 5.41 Å². The summed E-state index contributed by atoms with van der Waals surface area (Å²) in [6.45, 7) is 6.50. The molecule has 0 spiro atoms. The van der Waals surface area contributed by atoms with Crippen LogP contribution >= 0.6 is 0 Å². The molecule has 2 heterocycles. The first-order valence-corrected chi connectivity index (χ1v) is 3.99. The molecule has 0 aromatic carbocycles. The predicted molar refractivity (Wildman–Crippen MR) is 44.7 cm³/mol. The first-order valence-electron chi connectivity index (χ1n) is 3.99. The maximum absolute atomic E-state index is 5.28. The van der Waals surface area contributed by atoms with Gasteiger partial charge in [0.2, 0.25) is 0 Å². The van der Waals surface area contributed by atoms with Gasteiger partial charge < -0.3 is 4.74 Å². The van der Waals surface area contributed by atoms with Gasteiger partial charge in [-0.3, -0.25) is 4.99 Å². The quantitative estimate of drug-likeness (QED) is 0.484. The molecule has 0 radical (unpaired) electrons. The highest BCUT2D eigenvalue weighted by Crippen LogP contribution is 2.34. The Kier molecular flexibility index (Phi) is 1.25. The minimum atomic E-state index is 0.160. The van der Waals surface area contributed by atoms with Gasteiger partial charge in [0.15, 0.2) is 0 Å². The largest absolute Gasteiger partial charge is 0.359 e. The Bertz CT molecular complexity index is 234. The second-order valence-corrected chi connectivity index (χ2v) is 4.15. The Morgan fingerprint density at radius 2 is 2.09 bits per heavy atom. The summed E-state index contributed by atoms with van der Waals surface area (Å²) in [7, 11) is 0. The van der Waals surface area contributed by atoms with Crippen molar-refractivity contribution >= 4 is 6.21 Å². The van der Waals surface area contributed by atoms with Crippen molar-refractivity contribution in [2.75, 3.05) is 0 Å². The summed E-state index contributed by atoms with van der Waals surface area (Å²) in [5.41, 5.74) is 1.31. The lowest BCUT2D eigenvalue weighted by Crippen LogP contribution is -2.12. The van der Waals surface area contributed by atoms with Crippen LogP contribution in [-0.2, 0) is 4.74 Å². The van der Waals surface area contributed by atoms with Crippen LogP contribution in [0.2, 0.25) is 0 Å². The van der Waals surface area contributed by atoms with Crippen molar-refractivity contribution in [1.82, 2.24) is 0 Å². The van der Waals surface area contributed by atoms with Gasteiger partial charge in [0.05, 0.1) is 0 Å². The Labute approximate surface area is 67.0 Å². The summed E-state index contributed by atoms with van der Waals surface area (Å²) >= 11 is 0. The monoisotopic (exact) mass is 151 g/mol. The molecular formula is C9H13NO. The van der Waals surface area contributed by atoms with Crippen LogP contribution < -0.4 is 0 Å². The van der Waals surface area contributed by atoms with Crippen LogP contribution in [0.25, 0.3) is 0 Å². The third-order valence-electron chi connectivity index (χ3n) is 2.01. The van der Waals surface area contributed by atoms with Gasteiger partial charge >= 0.3 is 0 Å². The fourth-order valence-electron chi connectivity index (χ4n) is 1.19. The first-order chi connectivity index (χ1) is 5.07. The molecule has 0 amide bonds. The third kappa shape index (κ3) is 1.23. The highest BCUT2D eigenvalue weighted by molar-refractivity contribution is 5.71. The SMILES string of the molecule is CC(C)(C)C1=C[C@@H]2O[C@@H]2C=N1. The molecule has 2 rings (SSSR count). The van der Waals surface area contributed by atoms with Gasteiger partial charge in [0, 0.05) is 17.3 Å². The molecule has 60 valence electrons. The molecule has 2 atom stereocenters. The number of epoxide rings is 1. The fourth-order valence-corrected chi connectivity index (χ4v) is 1.19. The molecule has 2 heteroatoms. The number of rotatable bonds is 0. The van der Waals surface area contributed by atoms with E-state index in [-0.39, 0.29) is 5.41 Å². The molecule has 0 aromatic heterocycles. The van der Waals surface area contributed by atoms with Crippen molar-refractivity contribution in [3.8, 4) is 0 Å². The molecule has 1 saturated heterocycles. The van der Waals surface area contributed by atoms with E-state index in [0.717, 1.165) is 5.70 Å². The molecule has 0 bridgehead atoms. The van der Waals surface area contributed by atoms with E-state index >= 15 is 0 Å². The number of hydrogen-bond donors (Lipinski definition) is 0. The van der Waals surface area contributed by atoms with Gasteiger partial charge in [-0.2, -0.15) is 0 Å². The molecule has 2 aliphatic rings. The Morgan fingerprint density at radius 1 is 1.36 bits per heavy atom. The van der Waals surface area contributed by atoms with Crippen molar-refractivity contribution in [1.29, 1.82) is 0 Å². The van der Waals surface area contributed by atoms with Crippen LogP contribution in [0.3, 0.4) is 0 Å². The summed E-state index contributed by atoms with van der Waals surface area (Å²) in [5.74, 6) is 0. The topological polar surface area (TPSA) is 24.9 Å². The van der Waals surface area contributed by atoms with Crippen molar-refractivity contribution in [2.24, 2.45) is 10.4 Å². The van der Waals surface area contributed by atoms with Crippen LogP contribution in [-0.4, -0.2) is 18.4 Å². The Hall–Kier alpha value is -0.630. The number of allylic oxidation sites excluding steroid dienone is 1. The molecule has 11 heavy (non-hydrogen) atoms. The van der Waals surface area contributed by atoms with E-state index in [1.54, 1.807) is 0 Å². The second-order valence-electron chi connectivity index (χ2n) is 4.15. The van der Waals surface area contributed by atoms with Gasteiger partial charge in [-0.1, -0.05) is 20.8 Å². The normalized spacial score (nSPS) is 34.6. The average molecular weight is 151 g/mol. The smallest absolute Gasteiger partial charge is 0.123 e. The summed E-state index contributed by atoms with van der Waals surface area (Å²) in [6, 6.07) is 0. The van der Waals surface area contributed by atoms with Gasteiger partial charge in [-0.15, -0.1) is 0 Å². The zero-order valence-electron chi connectivity index (χ0n) is 7.16. The minimum Gasteiger partial charge on any atom is -0.359 e. The lowest BCUT2D eigenvalue weighted by Gasteiger charge is -2.19.